The molecule has 0 bridgehead atoms. The van der Waals surface area contributed by atoms with Gasteiger partial charge in [-0.3, -0.25) is 4.79 Å². The fourth-order valence-electron chi connectivity index (χ4n) is 4.80. The van der Waals surface area contributed by atoms with Crippen molar-refractivity contribution in [3.63, 3.8) is 0 Å². The van der Waals surface area contributed by atoms with E-state index in [0.29, 0.717) is 12.8 Å². The predicted molar refractivity (Wildman–Crippen MR) is 171 cm³/mol. The van der Waals surface area contributed by atoms with Gasteiger partial charge in [0.1, 0.15) is 6.10 Å². The predicted octanol–water partition coefficient (Wildman–Crippen LogP) is 8.48. The van der Waals surface area contributed by atoms with Crippen LogP contribution in [0.3, 0.4) is 0 Å². The first-order valence-corrected chi connectivity index (χ1v) is 16.8. The van der Waals surface area contributed by atoms with Crippen molar-refractivity contribution in [2.45, 2.75) is 173 Å². The highest BCUT2D eigenvalue weighted by Gasteiger charge is 2.26. The Kier molecular flexibility index (Phi) is 29.4. The van der Waals surface area contributed by atoms with Crippen molar-refractivity contribution in [2.24, 2.45) is 0 Å². The molecule has 0 aromatic heterocycles. The molecule has 5 nitrogen and oxygen atoms in total. The van der Waals surface area contributed by atoms with E-state index in [1.54, 1.807) is 0 Å². The number of amides is 1. The molecule has 0 aromatic carbocycles. The van der Waals surface area contributed by atoms with Gasteiger partial charge in [-0.25, -0.2) is 0 Å². The second-order valence-corrected chi connectivity index (χ2v) is 11.4. The van der Waals surface area contributed by atoms with Crippen LogP contribution in [0.5, 0.6) is 0 Å². The minimum atomic E-state index is -1.16. The number of hydrogen-bond donors (Lipinski definition) is 4. The first-order chi connectivity index (χ1) is 19.6. The summed E-state index contributed by atoms with van der Waals surface area (Å²) in [6.45, 7) is 4.08. The third-order valence-corrected chi connectivity index (χ3v) is 7.49. The molecule has 0 rings (SSSR count). The first-order valence-electron chi connectivity index (χ1n) is 16.8. The number of rotatable bonds is 29. The Hall–Kier alpha value is -1.43. The van der Waals surface area contributed by atoms with Gasteiger partial charge in [-0.15, -0.1) is 0 Å². The minimum Gasteiger partial charge on any atom is -0.394 e. The maximum Gasteiger partial charge on any atom is 0.220 e. The van der Waals surface area contributed by atoms with Gasteiger partial charge in [-0.05, 0) is 64.2 Å². The highest BCUT2D eigenvalue weighted by Crippen LogP contribution is 2.12. The fraction of sp³-hybridized carbons (Fsp3) is 0.800. The summed E-state index contributed by atoms with van der Waals surface area (Å²) in [7, 11) is 0. The maximum atomic E-state index is 12.3. The van der Waals surface area contributed by atoms with E-state index in [2.05, 4.69) is 55.6 Å². The molecular weight excluding hydrogens is 498 g/mol. The highest BCUT2D eigenvalue weighted by molar-refractivity contribution is 5.76. The van der Waals surface area contributed by atoms with Crippen LogP contribution in [0.1, 0.15) is 155 Å². The number of nitrogens with one attached hydrogen (secondary N) is 1. The smallest absolute Gasteiger partial charge is 0.220 e. The molecule has 4 N–H and O–H groups in total. The van der Waals surface area contributed by atoms with Crippen molar-refractivity contribution >= 4 is 5.91 Å². The molecule has 5 heteroatoms. The number of unbranched alkanes of at least 4 members (excludes halogenated alkanes) is 16. The van der Waals surface area contributed by atoms with E-state index in [1.165, 1.54) is 83.5 Å². The largest absolute Gasteiger partial charge is 0.394 e. The molecule has 234 valence electrons. The van der Waals surface area contributed by atoms with Gasteiger partial charge < -0.3 is 20.6 Å². The summed E-state index contributed by atoms with van der Waals surface area (Å²) in [5.74, 6) is -0.171. The Morgan fingerprint density at radius 2 is 1.07 bits per heavy atom. The van der Waals surface area contributed by atoms with Crippen molar-refractivity contribution in [3.05, 3.63) is 36.5 Å². The molecule has 3 unspecified atom stereocenters. The molecule has 0 aliphatic heterocycles. The summed E-state index contributed by atoms with van der Waals surface area (Å²) in [5.41, 5.74) is 0. The second-order valence-electron chi connectivity index (χ2n) is 11.4. The molecule has 3 atom stereocenters. The van der Waals surface area contributed by atoms with E-state index in [9.17, 15) is 20.1 Å². The zero-order valence-corrected chi connectivity index (χ0v) is 26.2. The third kappa shape index (κ3) is 25.5. The maximum absolute atomic E-state index is 12.3. The molecule has 0 spiro atoms. The van der Waals surface area contributed by atoms with Gasteiger partial charge in [0.05, 0.1) is 18.8 Å². The summed E-state index contributed by atoms with van der Waals surface area (Å²) in [6, 6.07) is -0.829. The minimum absolute atomic E-state index is 0.171. The second kappa shape index (κ2) is 30.5. The van der Waals surface area contributed by atoms with E-state index in [-0.39, 0.29) is 12.5 Å². The number of aliphatic hydroxyl groups is 3. The summed E-state index contributed by atoms with van der Waals surface area (Å²) < 4.78 is 0. The number of aliphatic hydroxyl groups excluding tert-OH is 3. The van der Waals surface area contributed by atoms with Crippen molar-refractivity contribution in [3.8, 4) is 0 Å². The number of hydrogen-bond acceptors (Lipinski definition) is 4. The summed E-state index contributed by atoms with van der Waals surface area (Å²) in [4.78, 5) is 12.3. The summed E-state index contributed by atoms with van der Waals surface area (Å²) in [5, 5.41) is 33.2. The van der Waals surface area contributed by atoms with Gasteiger partial charge in [0.15, 0.2) is 0 Å². The highest BCUT2D eigenvalue weighted by atomic mass is 16.3. The molecule has 40 heavy (non-hydrogen) atoms. The Morgan fingerprint density at radius 3 is 1.65 bits per heavy atom. The Bertz CT molecular complexity index is 631. The molecule has 0 heterocycles. The van der Waals surface area contributed by atoms with Crippen LogP contribution in [-0.4, -0.2) is 46.1 Å². The van der Waals surface area contributed by atoms with E-state index in [4.69, 9.17) is 0 Å². The van der Waals surface area contributed by atoms with Crippen LogP contribution in [0.4, 0.5) is 0 Å². The van der Waals surface area contributed by atoms with Gasteiger partial charge in [0, 0.05) is 6.42 Å². The van der Waals surface area contributed by atoms with Crippen LogP contribution in [0.2, 0.25) is 0 Å². The van der Waals surface area contributed by atoms with Gasteiger partial charge >= 0.3 is 0 Å². The standard InChI is InChI=1S/C35H65NO4/c1-3-5-7-9-11-13-15-16-17-18-20-22-24-26-28-30-34(39)36-32(31-37)35(40)33(38)29-27-25-23-21-19-14-12-10-8-6-4-2/h11,13,15-16,21,23,32-33,35,37-38,40H,3-10,12,14,17-20,22,24-31H2,1-2H3,(H,36,39)/b13-11-,16-15-,23-21+. The SMILES string of the molecule is CCCCC/C=C\C=C/CCCCCCCCC(=O)NC(CO)C(O)C(O)CCC/C=C/CCCCCCCC. The average molecular weight is 564 g/mol. The lowest BCUT2D eigenvalue weighted by molar-refractivity contribution is -0.124. The number of carbonyl (C=O) groups is 1. The lowest BCUT2D eigenvalue weighted by atomic mass is 10.0. The summed E-state index contributed by atoms with van der Waals surface area (Å²) >= 11 is 0. The van der Waals surface area contributed by atoms with Crippen LogP contribution < -0.4 is 5.32 Å². The lowest BCUT2D eigenvalue weighted by Crippen LogP contribution is -2.50. The molecule has 0 saturated carbocycles. The van der Waals surface area contributed by atoms with Crippen LogP contribution in [0.15, 0.2) is 36.5 Å². The zero-order valence-electron chi connectivity index (χ0n) is 26.2. The fourth-order valence-corrected chi connectivity index (χ4v) is 4.80. The van der Waals surface area contributed by atoms with Crippen LogP contribution in [-0.2, 0) is 4.79 Å². The van der Waals surface area contributed by atoms with Crippen molar-refractivity contribution in [2.75, 3.05) is 6.61 Å². The van der Waals surface area contributed by atoms with Crippen molar-refractivity contribution in [1.82, 2.24) is 5.32 Å². The van der Waals surface area contributed by atoms with Crippen LogP contribution >= 0.6 is 0 Å². The van der Waals surface area contributed by atoms with Crippen LogP contribution in [0, 0.1) is 0 Å². The third-order valence-electron chi connectivity index (χ3n) is 7.49. The first kappa shape index (κ1) is 38.6. The average Bonchev–Trinajstić information content (AvgIpc) is 2.96. The molecule has 0 aliphatic carbocycles. The van der Waals surface area contributed by atoms with Gasteiger partial charge in [-0.2, -0.15) is 0 Å². The summed E-state index contributed by atoms with van der Waals surface area (Å²) in [6.07, 6.45) is 35.1. The Balaban J connectivity index is 3.81. The topological polar surface area (TPSA) is 89.8 Å². The monoisotopic (exact) mass is 563 g/mol. The van der Waals surface area contributed by atoms with Gasteiger partial charge in [-0.1, -0.05) is 121 Å². The number of carbonyl (C=O) groups excluding carboxylic acids is 1. The molecule has 0 fully saturated rings. The molecule has 0 radical (unpaired) electrons. The van der Waals surface area contributed by atoms with Gasteiger partial charge in [0.25, 0.3) is 0 Å². The quantitative estimate of drug-likeness (QED) is 0.0417. The lowest BCUT2D eigenvalue weighted by Gasteiger charge is -2.26. The Morgan fingerprint density at radius 1 is 0.625 bits per heavy atom. The molecule has 0 aliphatic rings. The van der Waals surface area contributed by atoms with E-state index < -0.39 is 18.2 Å². The van der Waals surface area contributed by atoms with E-state index >= 15 is 0 Å². The van der Waals surface area contributed by atoms with Gasteiger partial charge in [0.2, 0.25) is 5.91 Å². The molecular formula is C35H65NO4. The van der Waals surface area contributed by atoms with Crippen molar-refractivity contribution < 1.29 is 20.1 Å². The zero-order chi connectivity index (χ0) is 29.5. The Labute approximate surface area is 247 Å². The van der Waals surface area contributed by atoms with E-state index in [0.717, 1.165) is 44.9 Å². The van der Waals surface area contributed by atoms with Crippen LogP contribution in [0.25, 0.3) is 0 Å². The molecule has 0 aromatic rings. The number of allylic oxidation sites excluding steroid dienone is 6. The molecule has 1 amide bonds. The normalized spacial score (nSPS) is 14.4. The van der Waals surface area contributed by atoms with Crippen molar-refractivity contribution in [1.29, 1.82) is 0 Å². The molecule has 0 saturated heterocycles. The van der Waals surface area contributed by atoms with E-state index in [1.807, 2.05) is 0 Å².